The molecule has 0 saturated heterocycles. The van der Waals surface area contributed by atoms with Crippen molar-refractivity contribution in [2.75, 3.05) is 0 Å². The second-order valence-electron chi connectivity index (χ2n) is 2.93. The van der Waals surface area contributed by atoms with E-state index in [9.17, 15) is 4.79 Å². The van der Waals surface area contributed by atoms with Gasteiger partial charge in [-0.1, -0.05) is 17.2 Å². The Bertz CT molecular complexity index is 210. The molecule has 0 radical (unpaired) electrons. The summed E-state index contributed by atoms with van der Waals surface area (Å²) in [6.45, 7) is 5.98. The molecule has 62 valence electrons. The summed E-state index contributed by atoms with van der Waals surface area (Å²) in [5.74, 6) is 0. The molecule has 0 rings (SSSR count). The number of rotatable bonds is 4. The van der Waals surface area contributed by atoms with Gasteiger partial charge in [0.2, 0.25) is 0 Å². The van der Waals surface area contributed by atoms with E-state index in [2.05, 4.69) is 19.9 Å². The molecule has 0 unspecified atom stereocenters. The van der Waals surface area contributed by atoms with Crippen molar-refractivity contribution in [2.24, 2.45) is 0 Å². The molecule has 0 aromatic carbocycles. The van der Waals surface area contributed by atoms with Gasteiger partial charge in [-0.2, -0.15) is 0 Å². The summed E-state index contributed by atoms with van der Waals surface area (Å²) >= 11 is 0. The Morgan fingerprint density at radius 2 is 2.09 bits per heavy atom. The summed E-state index contributed by atoms with van der Waals surface area (Å²) in [7, 11) is 0. The van der Waals surface area contributed by atoms with Crippen molar-refractivity contribution in [3.63, 3.8) is 0 Å². The van der Waals surface area contributed by atoms with E-state index < -0.39 is 6.26 Å². The minimum Gasteiger partial charge on any atom is -0.299 e. The van der Waals surface area contributed by atoms with Crippen LogP contribution >= 0.6 is 0 Å². The molecule has 0 aromatic heterocycles. The first-order chi connectivity index (χ1) is 5.52. The molecule has 0 fully saturated rings. The molecule has 0 spiro atoms. The largest absolute Gasteiger partial charge is 0.299 e. The summed E-state index contributed by atoms with van der Waals surface area (Å²) in [6.07, 6.45) is 4.72. The van der Waals surface area contributed by atoms with Gasteiger partial charge in [-0.05, 0) is 39.7 Å². The number of carbonyl (C=O) groups excluding carboxylic acids is 1. The van der Waals surface area contributed by atoms with E-state index in [0.717, 1.165) is 18.4 Å². The van der Waals surface area contributed by atoms with Crippen molar-refractivity contribution in [3.05, 3.63) is 23.3 Å². The summed E-state index contributed by atoms with van der Waals surface area (Å²) < 4.78 is 6.70. The maximum atomic E-state index is 10.3. The van der Waals surface area contributed by atoms with Crippen molar-refractivity contribution in [1.82, 2.24) is 0 Å². The summed E-state index contributed by atoms with van der Waals surface area (Å²) in [6, 6.07) is 0. The van der Waals surface area contributed by atoms with Crippen LogP contribution in [0, 0.1) is 0 Å². The molecule has 0 N–H and O–H groups in total. The first kappa shape index (κ1) is 8.25. The van der Waals surface area contributed by atoms with Gasteiger partial charge in [-0.25, -0.2) is 0 Å². The van der Waals surface area contributed by atoms with Gasteiger partial charge in [0.1, 0.15) is 7.63 Å². The number of aldehydes is 1. The van der Waals surface area contributed by atoms with E-state index in [1.807, 2.05) is 6.92 Å². The number of carbonyl (C=O) groups is 1. The lowest BCUT2D eigenvalue weighted by molar-refractivity contribution is -0.104. The van der Waals surface area contributed by atoms with Gasteiger partial charge in [0.25, 0.3) is 0 Å². The van der Waals surface area contributed by atoms with Gasteiger partial charge in [-0.15, -0.1) is 0 Å². The van der Waals surface area contributed by atoms with Gasteiger partial charge >= 0.3 is 0 Å². The molecular formula is C10H16O. The second-order valence-corrected chi connectivity index (χ2v) is 2.93. The Labute approximate surface area is 70.2 Å². The van der Waals surface area contributed by atoms with Gasteiger partial charge in [-0.3, -0.25) is 4.79 Å². The van der Waals surface area contributed by atoms with Gasteiger partial charge in [0.05, 0.1) is 0 Å². The average molecular weight is 153 g/mol. The number of hydrogen-bond acceptors (Lipinski definition) is 1. The van der Waals surface area contributed by atoms with E-state index in [1.54, 1.807) is 0 Å². The molecule has 1 nitrogen and oxygen atoms in total. The van der Waals surface area contributed by atoms with Gasteiger partial charge in [0.15, 0.2) is 0 Å². The Morgan fingerprint density at radius 3 is 2.55 bits per heavy atom. The van der Waals surface area contributed by atoms with E-state index >= 15 is 0 Å². The van der Waals surface area contributed by atoms with Crippen LogP contribution in [0.25, 0.3) is 0 Å². The van der Waals surface area contributed by atoms with Crippen LogP contribution in [0.1, 0.15) is 35.0 Å². The Balaban J connectivity index is 3.79. The zero-order valence-corrected chi connectivity index (χ0v) is 7.48. The lowest BCUT2D eigenvalue weighted by atomic mass is 10.1. The minimum absolute atomic E-state index is 0.607. The van der Waals surface area contributed by atoms with Gasteiger partial charge < -0.3 is 0 Å². The lowest BCUT2D eigenvalue weighted by Gasteiger charge is -1.94. The molecule has 11 heavy (non-hydrogen) atoms. The third kappa shape index (κ3) is 7.04. The van der Waals surface area contributed by atoms with Crippen LogP contribution in [-0.2, 0) is 4.79 Å². The SMILES string of the molecule is [2H]C(=O)/C=C(\C)CCC=C(C)C. The molecular weight excluding hydrogens is 136 g/mol. The second kappa shape index (κ2) is 5.90. The Hall–Kier alpha value is -0.850. The molecule has 0 aliphatic carbocycles. The van der Waals surface area contributed by atoms with Crippen molar-refractivity contribution in [1.29, 1.82) is 0 Å². The molecule has 0 bridgehead atoms. The van der Waals surface area contributed by atoms with E-state index in [0.29, 0.717) is 0 Å². The third-order valence-electron chi connectivity index (χ3n) is 1.40. The minimum atomic E-state index is -0.607. The van der Waals surface area contributed by atoms with Crippen LogP contribution in [0.3, 0.4) is 0 Å². The molecule has 0 saturated carbocycles. The fourth-order valence-corrected chi connectivity index (χ4v) is 0.761. The fraction of sp³-hybridized carbons (Fsp3) is 0.500. The van der Waals surface area contributed by atoms with Crippen LogP contribution in [-0.4, -0.2) is 6.26 Å². The highest BCUT2D eigenvalue weighted by molar-refractivity contribution is 5.65. The monoisotopic (exact) mass is 153 g/mol. The molecule has 0 atom stereocenters. The molecule has 0 aliphatic heterocycles. The smallest absolute Gasteiger partial charge is 0.142 e. The van der Waals surface area contributed by atoms with Crippen molar-refractivity contribution >= 4 is 6.26 Å². The molecule has 0 aromatic rings. The first-order valence-electron chi connectivity index (χ1n) is 4.33. The predicted octanol–water partition coefficient (Wildman–Crippen LogP) is 2.88. The van der Waals surface area contributed by atoms with Crippen LogP contribution in [0.2, 0.25) is 0 Å². The Kier molecular flexibility index (Phi) is 4.42. The van der Waals surface area contributed by atoms with E-state index in [1.165, 1.54) is 11.6 Å². The van der Waals surface area contributed by atoms with Crippen LogP contribution in [0.4, 0.5) is 0 Å². The predicted molar refractivity (Wildman–Crippen MR) is 48.5 cm³/mol. The van der Waals surface area contributed by atoms with Crippen LogP contribution in [0.5, 0.6) is 0 Å². The van der Waals surface area contributed by atoms with Crippen molar-refractivity contribution in [3.8, 4) is 0 Å². The topological polar surface area (TPSA) is 17.1 Å². The highest BCUT2D eigenvalue weighted by atomic mass is 16.1. The fourth-order valence-electron chi connectivity index (χ4n) is 0.761. The van der Waals surface area contributed by atoms with E-state index in [-0.39, 0.29) is 0 Å². The zero-order valence-electron chi connectivity index (χ0n) is 8.48. The molecule has 0 amide bonds. The molecule has 0 aliphatic rings. The van der Waals surface area contributed by atoms with E-state index in [4.69, 9.17) is 1.37 Å². The first-order valence-corrected chi connectivity index (χ1v) is 3.83. The van der Waals surface area contributed by atoms with Crippen LogP contribution < -0.4 is 0 Å². The average Bonchev–Trinajstić information content (AvgIpc) is 1.84. The molecule has 1 heteroatoms. The standard InChI is InChI=1S/C10H16O/c1-9(2)5-4-6-10(3)7-8-11/h5,7-8H,4,6H2,1-3H3/b10-7+/i8D. The summed E-state index contributed by atoms with van der Waals surface area (Å²) in [5.41, 5.74) is 2.27. The maximum absolute atomic E-state index is 10.3. The third-order valence-corrected chi connectivity index (χ3v) is 1.40. The maximum Gasteiger partial charge on any atom is 0.142 e. The Morgan fingerprint density at radius 1 is 1.45 bits per heavy atom. The van der Waals surface area contributed by atoms with Crippen molar-refractivity contribution in [2.45, 2.75) is 33.6 Å². The number of hydrogen-bond donors (Lipinski definition) is 0. The highest BCUT2D eigenvalue weighted by Gasteiger charge is 1.86. The summed E-state index contributed by atoms with van der Waals surface area (Å²) in [5, 5.41) is 0. The zero-order chi connectivity index (χ0) is 9.56. The lowest BCUT2D eigenvalue weighted by Crippen LogP contribution is -1.77. The normalized spacial score (nSPS) is 12.3. The molecule has 0 heterocycles. The summed E-state index contributed by atoms with van der Waals surface area (Å²) in [4.78, 5) is 10.3. The van der Waals surface area contributed by atoms with Crippen molar-refractivity contribution < 1.29 is 6.17 Å². The van der Waals surface area contributed by atoms with Crippen LogP contribution in [0.15, 0.2) is 23.3 Å². The quantitative estimate of drug-likeness (QED) is 0.345. The highest BCUT2D eigenvalue weighted by Crippen LogP contribution is 2.05. The van der Waals surface area contributed by atoms with Gasteiger partial charge in [0, 0.05) is 0 Å². The number of allylic oxidation sites excluding steroid dienone is 4.